The summed E-state index contributed by atoms with van der Waals surface area (Å²) in [6.07, 6.45) is 0.215. The molecule has 2 rings (SSSR count). The van der Waals surface area contributed by atoms with Crippen LogP contribution in [0.3, 0.4) is 0 Å². The first-order chi connectivity index (χ1) is 8.61. The van der Waals surface area contributed by atoms with Crippen LogP contribution in [-0.2, 0) is 4.74 Å². The molecule has 0 amide bonds. The van der Waals surface area contributed by atoms with Crippen LogP contribution >= 0.6 is 15.9 Å². The molecule has 0 bridgehead atoms. The summed E-state index contributed by atoms with van der Waals surface area (Å²) in [5.41, 5.74) is 6.93. The molecule has 1 aliphatic heterocycles. The number of halogens is 2. The molecule has 0 aromatic heterocycles. The third-order valence-corrected chi connectivity index (χ3v) is 3.94. The van der Waals surface area contributed by atoms with Crippen molar-refractivity contribution in [2.24, 2.45) is 5.73 Å². The van der Waals surface area contributed by atoms with Gasteiger partial charge in [-0.25, -0.2) is 4.39 Å². The molecular weight excluding hydrogens is 299 g/mol. The Balaban J connectivity index is 2.21. The van der Waals surface area contributed by atoms with Crippen LogP contribution in [0.25, 0.3) is 0 Å². The summed E-state index contributed by atoms with van der Waals surface area (Å²) in [4.78, 5) is 2.30. The summed E-state index contributed by atoms with van der Waals surface area (Å²) in [5.74, 6) is -0.239. The van der Waals surface area contributed by atoms with Crippen LogP contribution in [0.2, 0.25) is 0 Å². The monoisotopic (exact) mass is 316 g/mol. The van der Waals surface area contributed by atoms with Gasteiger partial charge in [-0.1, -0.05) is 22.0 Å². The summed E-state index contributed by atoms with van der Waals surface area (Å²) in [6.45, 7) is 4.99. The fourth-order valence-electron chi connectivity index (χ4n) is 2.37. The van der Waals surface area contributed by atoms with Gasteiger partial charge < -0.3 is 10.5 Å². The van der Waals surface area contributed by atoms with E-state index in [9.17, 15) is 4.39 Å². The Morgan fingerprint density at radius 3 is 3.00 bits per heavy atom. The molecule has 1 aliphatic rings. The van der Waals surface area contributed by atoms with Gasteiger partial charge in [0.2, 0.25) is 0 Å². The van der Waals surface area contributed by atoms with Gasteiger partial charge >= 0.3 is 0 Å². The van der Waals surface area contributed by atoms with Crippen LogP contribution in [0.15, 0.2) is 22.7 Å². The van der Waals surface area contributed by atoms with Crippen LogP contribution < -0.4 is 5.73 Å². The van der Waals surface area contributed by atoms with E-state index in [0.717, 1.165) is 29.7 Å². The van der Waals surface area contributed by atoms with Crippen LogP contribution in [0.1, 0.15) is 18.5 Å². The molecule has 5 heteroatoms. The molecule has 2 unspecified atom stereocenters. The minimum atomic E-state index is -0.239. The standard InChI is InChI=1S/C13H18BrFN2O/c1-9-8-17(4-5-18-9)13(7-16)11-3-2-10(15)6-12(11)14/h2-3,6,9,13H,4-5,7-8,16H2,1H3. The molecule has 1 aromatic rings. The summed E-state index contributed by atoms with van der Waals surface area (Å²) >= 11 is 3.42. The van der Waals surface area contributed by atoms with Gasteiger partial charge in [-0.15, -0.1) is 0 Å². The average Bonchev–Trinajstić information content (AvgIpc) is 2.33. The zero-order chi connectivity index (χ0) is 13.1. The summed E-state index contributed by atoms with van der Waals surface area (Å²) in [5, 5.41) is 0. The second-order valence-corrected chi connectivity index (χ2v) is 5.45. The van der Waals surface area contributed by atoms with Crippen LogP contribution in [-0.4, -0.2) is 37.2 Å². The molecule has 1 saturated heterocycles. The van der Waals surface area contributed by atoms with Crippen molar-refractivity contribution in [1.29, 1.82) is 0 Å². The minimum Gasteiger partial charge on any atom is -0.376 e. The number of hydrogen-bond acceptors (Lipinski definition) is 3. The molecule has 2 N–H and O–H groups in total. The highest BCUT2D eigenvalue weighted by Gasteiger charge is 2.25. The molecule has 0 spiro atoms. The lowest BCUT2D eigenvalue weighted by Gasteiger charge is -2.37. The van der Waals surface area contributed by atoms with Crippen LogP contribution in [0.5, 0.6) is 0 Å². The van der Waals surface area contributed by atoms with Crippen molar-refractivity contribution in [3.8, 4) is 0 Å². The maximum Gasteiger partial charge on any atom is 0.124 e. The Labute approximate surface area is 115 Å². The fraction of sp³-hybridized carbons (Fsp3) is 0.538. The van der Waals surface area contributed by atoms with Crippen LogP contribution in [0.4, 0.5) is 4.39 Å². The second-order valence-electron chi connectivity index (χ2n) is 4.59. The molecule has 100 valence electrons. The summed E-state index contributed by atoms with van der Waals surface area (Å²) < 4.78 is 19.4. The predicted octanol–water partition coefficient (Wildman–Crippen LogP) is 2.31. The number of ether oxygens (including phenoxy) is 1. The lowest BCUT2D eigenvalue weighted by molar-refractivity contribution is -0.0334. The molecule has 18 heavy (non-hydrogen) atoms. The summed E-state index contributed by atoms with van der Waals surface area (Å²) in [7, 11) is 0. The Hall–Kier alpha value is -0.490. The second kappa shape index (κ2) is 6.10. The van der Waals surface area contributed by atoms with Crippen molar-refractivity contribution >= 4 is 15.9 Å². The first-order valence-corrected chi connectivity index (χ1v) is 6.91. The number of morpholine rings is 1. The van der Waals surface area contributed by atoms with E-state index in [2.05, 4.69) is 27.8 Å². The van der Waals surface area contributed by atoms with Gasteiger partial charge in [0.25, 0.3) is 0 Å². The van der Waals surface area contributed by atoms with Gasteiger partial charge in [0, 0.05) is 30.1 Å². The van der Waals surface area contributed by atoms with E-state index >= 15 is 0 Å². The molecule has 1 aromatic carbocycles. The fourth-order valence-corrected chi connectivity index (χ4v) is 2.99. The van der Waals surface area contributed by atoms with Crippen molar-refractivity contribution in [2.45, 2.75) is 19.1 Å². The zero-order valence-corrected chi connectivity index (χ0v) is 12.0. The van der Waals surface area contributed by atoms with Gasteiger partial charge in [0.05, 0.1) is 12.7 Å². The first kappa shape index (κ1) is 13.9. The number of benzene rings is 1. The molecule has 0 aliphatic carbocycles. The van der Waals surface area contributed by atoms with Gasteiger partial charge in [-0.05, 0) is 24.6 Å². The van der Waals surface area contributed by atoms with Crippen molar-refractivity contribution in [1.82, 2.24) is 4.90 Å². The van der Waals surface area contributed by atoms with Crippen molar-refractivity contribution < 1.29 is 9.13 Å². The van der Waals surface area contributed by atoms with E-state index < -0.39 is 0 Å². The van der Waals surface area contributed by atoms with E-state index in [0.29, 0.717) is 6.54 Å². The summed E-state index contributed by atoms with van der Waals surface area (Å²) in [6, 6.07) is 4.87. The number of nitrogens with two attached hydrogens (primary N) is 1. The highest BCUT2D eigenvalue weighted by molar-refractivity contribution is 9.10. The van der Waals surface area contributed by atoms with E-state index in [-0.39, 0.29) is 18.0 Å². The van der Waals surface area contributed by atoms with Crippen molar-refractivity contribution in [3.63, 3.8) is 0 Å². The number of nitrogens with zero attached hydrogens (tertiary/aromatic N) is 1. The normalized spacial score (nSPS) is 23.0. The van der Waals surface area contributed by atoms with E-state index in [1.807, 2.05) is 0 Å². The maximum absolute atomic E-state index is 13.1. The third kappa shape index (κ3) is 3.09. The highest BCUT2D eigenvalue weighted by Crippen LogP contribution is 2.29. The van der Waals surface area contributed by atoms with Gasteiger partial charge in [0.15, 0.2) is 0 Å². The van der Waals surface area contributed by atoms with Gasteiger partial charge in [-0.3, -0.25) is 4.90 Å². The Bertz CT molecular complexity index is 416. The molecular formula is C13H18BrFN2O. The Morgan fingerprint density at radius 1 is 1.61 bits per heavy atom. The first-order valence-electron chi connectivity index (χ1n) is 6.12. The van der Waals surface area contributed by atoms with Crippen molar-refractivity contribution in [2.75, 3.05) is 26.2 Å². The van der Waals surface area contributed by atoms with E-state index in [1.54, 1.807) is 6.07 Å². The smallest absolute Gasteiger partial charge is 0.124 e. The topological polar surface area (TPSA) is 38.5 Å². The molecule has 0 radical (unpaired) electrons. The lowest BCUT2D eigenvalue weighted by Crippen LogP contribution is -2.45. The molecule has 1 heterocycles. The van der Waals surface area contributed by atoms with Crippen LogP contribution in [0, 0.1) is 5.82 Å². The average molecular weight is 317 g/mol. The minimum absolute atomic E-state index is 0.103. The number of hydrogen-bond donors (Lipinski definition) is 1. The zero-order valence-electron chi connectivity index (χ0n) is 10.4. The molecule has 1 fully saturated rings. The number of rotatable bonds is 3. The Morgan fingerprint density at radius 2 is 2.39 bits per heavy atom. The SMILES string of the molecule is CC1CN(C(CN)c2ccc(F)cc2Br)CCO1. The lowest BCUT2D eigenvalue weighted by atomic mass is 10.0. The molecule has 0 saturated carbocycles. The Kier molecular flexibility index (Phi) is 4.72. The maximum atomic E-state index is 13.1. The largest absolute Gasteiger partial charge is 0.376 e. The third-order valence-electron chi connectivity index (χ3n) is 3.26. The van der Waals surface area contributed by atoms with Gasteiger partial charge in [-0.2, -0.15) is 0 Å². The molecule has 3 nitrogen and oxygen atoms in total. The van der Waals surface area contributed by atoms with Crippen molar-refractivity contribution in [3.05, 3.63) is 34.1 Å². The molecule has 2 atom stereocenters. The van der Waals surface area contributed by atoms with Gasteiger partial charge in [0.1, 0.15) is 5.82 Å². The van der Waals surface area contributed by atoms with E-state index in [1.165, 1.54) is 12.1 Å². The quantitative estimate of drug-likeness (QED) is 0.930. The highest BCUT2D eigenvalue weighted by atomic mass is 79.9. The predicted molar refractivity (Wildman–Crippen MR) is 72.9 cm³/mol. The van der Waals surface area contributed by atoms with E-state index in [4.69, 9.17) is 10.5 Å².